The summed E-state index contributed by atoms with van der Waals surface area (Å²) in [4.78, 5) is 18.8. The van der Waals surface area contributed by atoms with Crippen LogP contribution in [0.2, 0.25) is 0 Å². The fourth-order valence-corrected chi connectivity index (χ4v) is 1.58. The van der Waals surface area contributed by atoms with Gasteiger partial charge >= 0.3 is 0 Å². The van der Waals surface area contributed by atoms with Gasteiger partial charge in [0.05, 0.1) is 19.9 Å². The summed E-state index contributed by atoms with van der Waals surface area (Å²) in [5.74, 6) is 0.300. The lowest BCUT2D eigenvalue weighted by Crippen LogP contribution is -2.16. The summed E-state index contributed by atoms with van der Waals surface area (Å²) in [6.07, 6.45) is 1.28. The molecule has 8 heteroatoms. The van der Waals surface area contributed by atoms with E-state index >= 15 is 0 Å². The van der Waals surface area contributed by atoms with Crippen molar-refractivity contribution in [2.45, 2.75) is 0 Å². The Hall–Kier alpha value is -2.87. The molecule has 116 valence electrons. The largest absolute Gasteiger partial charge is 0.497 e. The first-order chi connectivity index (χ1) is 10.6. The maximum atomic E-state index is 11.1. The Bertz CT molecular complexity index is 663. The van der Waals surface area contributed by atoms with Gasteiger partial charge in [-0.15, -0.1) is 0 Å². The number of hydrogen-bond donors (Lipinski definition) is 2. The first kappa shape index (κ1) is 15.5. The lowest BCUT2D eigenvalue weighted by atomic mass is 10.3. The summed E-state index contributed by atoms with van der Waals surface area (Å²) in [5.41, 5.74) is 5.13. The van der Waals surface area contributed by atoms with Crippen LogP contribution in [0.25, 0.3) is 0 Å². The molecular formula is C14H15N3O5. The molecule has 0 unspecified atom stereocenters. The Kier molecular flexibility index (Phi) is 5.10. The van der Waals surface area contributed by atoms with Crippen molar-refractivity contribution in [3.05, 3.63) is 36.3 Å². The molecule has 3 N–H and O–H groups in total. The molecular weight excluding hydrogens is 290 g/mol. The number of nitrogens with two attached hydrogens (primary N) is 1. The molecule has 1 aromatic carbocycles. The molecule has 2 aromatic rings. The summed E-state index contributed by atoms with van der Waals surface area (Å²) in [6, 6.07) is 6.89. The molecule has 1 amide bonds. The molecule has 0 saturated carbocycles. The molecule has 1 heterocycles. The average Bonchev–Trinajstić information content (AvgIpc) is 2.54. The van der Waals surface area contributed by atoms with E-state index in [0.717, 1.165) is 0 Å². The van der Waals surface area contributed by atoms with Gasteiger partial charge in [-0.2, -0.15) is 4.98 Å². The van der Waals surface area contributed by atoms with Crippen LogP contribution in [-0.4, -0.2) is 41.3 Å². The molecule has 0 aliphatic carbocycles. The first-order valence-corrected chi connectivity index (χ1v) is 6.36. The van der Waals surface area contributed by atoms with Crippen LogP contribution >= 0.6 is 0 Å². The molecule has 0 fully saturated rings. The predicted octanol–water partition coefficient (Wildman–Crippen LogP) is 0.747. The van der Waals surface area contributed by atoms with Gasteiger partial charge in [0.2, 0.25) is 11.6 Å². The number of carbonyl (C=O) groups is 1. The number of hydrogen-bond acceptors (Lipinski definition) is 7. The van der Waals surface area contributed by atoms with Crippen molar-refractivity contribution in [2.24, 2.45) is 5.73 Å². The summed E-state index contributed by atoms with van der Waals surface area (Å²) < 4.78 is 16.0. The van der Waals surface area contributed by atoms with Gasteiger partial charge in [0, 0.05) is 6.07 Å². The minimum Gasteiger partial charge on any atom is -0.497 e. The Morgan fingerprint density at radius 2 is 2.14 bits per heavy atom. The Morgan fingerprint density at radius 3 is 2.82 bits per heavy atom. The number of aliphatic hydroxyl groups is 1. The highest BCUT2D eigenvalue weighted by Crippen LogP contribution is 2.30. The summed E-state index contributed by atoms with van der Waals surface area (Å²) in [5, 5.41) is 8.84. The first-order valence-electron chi connectivity index (χ1n) is 6.36. The zero-order valence-corrected chi connectivity index (χ0v) is 11.9. The maximum absolute atomic E-state index is 11.1. The van der Waals surface area contributed by atoms with Crippen molar-refractivity contribution in [1.29, 1.82) is 0 Å². The molecule has 0 bridgehead atoms. The molecule has 0 aliphatic rings. The van der Waals surface area contributed by atoms with E-state index in [-0.39, 0.29) is 30.7 Å². The van der Waals surface area contributed by atoms with Crippen LogP contribution in [0.5, 0.6) is 23.1 Å². The number of aromatic nitrogens is 2. The van der Waals surface area contributed by atoms with Crippen molar-refractivity contribution in [1.82, 2.24) is 9.97 Å². The Labute approximate surface area is 126 Å². The lowest BCUT2D eigenvalue weighted by Gasteiger charge is -2.11. The highest BCUT2D eigenvalue weighted by Gasteiger charge is 2.14. The number of carbonyl (C=O) groups excluding carboxylic acids is 1. The highest BCUT2D eigenvalue weighted by atomic mass is 16.5. The van der Waals surface area contributed by atoms with Crippen LogP contribution in [0.15, 0.2) is 30.5 Å². The molecule has 2 rings (SSSR count). The molecule has 0 spiro atoms. The quantitative estimate of drug-likeness (QED) is 0.775. The summed E-state index contributed by atoms with van der Waals surface area (Å²) >= 11 is 0. The van der Waals surface area contributed by atoms with E-state index < -0.39 is 5.91 Å². The second-order valence-electron chi connectivity index (χ2n) is 4.08. The van der Waals surface area contributed by atoms with Crippen molar-refractivity contribution >= 4 is 5.91 Å². The minimum atomic E-state index is -0.790. The molecule has 8 nitrogen and oxygen atoms in total. The number of ether oxygens (including phenoxy) is 3. The fourth-order valence-electron chi connectivity index (χ4n) is 1.58. The average molecular weight is 305 g/mol. The standard InChI is InChI=1S/C14H15N3O5/c1-20-9-3-2-4-10(7-9)22-11-8-16-13(12(15)19)17-14(11)21-6-5-18/h2-4,7-8,18H,5-6H2,1H3,(H2,15,19). The SMILES string of the molecule is COc1cccc(Oc2cnc(C(N)=O)nc2OCCO)c1. The van der Waals surface area contributed by atoms with Crippen molar-refractivity contribution in [3.8, 4) is 23.1 Å². The normalized spacial score (nSPS) is 10.1. The second-order valence-corrected chi connectivity index (χ2v) is 4.08. The third-order valence-corrected chi connectivity index (χ3v) is 2.54. The molecule has 0 aliphatic heterocycles. The number of amides is 1. The Balaban J connectivity index is 2.29. The van der Waals surface area contributed by atoms with Crippen molar-refractivity contribution in [2.75, 3.05) is 20.3 Å². The van der Waals surface area contributed by atoms with Crippen molar-refractivity contribution < 1.29 is 24.1 Å². The highest BCUT2D eigenvalue weighted by molar-refractivity contribution is 5.88. The molecule has 1 aromatic heterocycles. The molecule has 0 atom stereocenters. The van der Waals surface area contributed by atoms with Crippen molar-refractivity contribution in [3.63, 3.8) is 0 Å². The fraction of sp³-hybridized carbons (Fsp3) is 0.214. The third-order valence-electron chi connectivity index (χ3n) is 2.54. The van der Waals surface area contributed by atoms with Crippen LogP contribution in [0.1, 0.15) is 10.6 Å². The van der Waals surface area contributed by atoms with Crippen LogP contribution in [0, 0.1) is 0 Å². The summed E-state index contributed by atoms with van der Waals surface area (Å²) in [6.45, 7) is -0.224. The van der Waals surface area contributed by atoms with Crippen LogP contribution < -0.4 is 19.9 Å². The van der Waals surface area contributed by atoms with Gasteiger partial charge in [-0.1, -0.05) is 6.07 Å². The van der Waals surface area contributed by atoms with Crippen LogP contribution in [-0.2, 0) is 0 Å². The number of aliphatic hydroxyl groups excluding tert-OH is 1. The molecule has 0 saturated heterocycles. The van der Waals surface area contributed by atoms with E-state index in [1.54, 1.807) is 31.4 Å². The predicted molar refractivity (Wildman–Crippen MR) is 76.2 cm³/mol. The smallest absolute Gasteiger partial charge is 0.286 e. The van der Waals surface area contributed by atoms with Gasteiger partial charge in [-0.3, -0.25) is 4.79 Å². The number of nitrogens with zero attached hydrogens (tertiary/aromatic N) is 2. The van der Waals surface area contributed by atoms with E-state index in [0.29, 0.717) is 11.5 Å². The maximum Gasteiger partial charge on any atom is 0.286 e. The van der Waals surface area contributed by atoms with E-state index in [1.807, 2.05) is 0 Å². The monoisotopic (exact) mass is 305 g/mol. The van der Waals surface area contributed by atoms with Gasteiger partial charge in [0.1, 0.15) is 18.1 Å². The van der Waals surface area contributed by atoms with Gasteiger partial charge in [-0.25, -0.2) is 4.98 Å². The van der Waals surface area contributed by atoms with Gasteiger partial charge in [-0.05, 0) is 12.1 Å². The molecule has 0 radical (unpaired) electrons. The van der Waals surface area contributed by atoms with Gasteiger partial charge < -0.3 is 25.1 Å². The van der Waals surface area contributed by atoms with E-state index in [9.17, 15) is 4.79 Å². The number of primary amides is 1. The van der Waals surface area contributed by atoms with E-state index in [1.165, 1.54) is 6.20 Å². The second kappa shape index (κ2) is 7.23. The van der Waals surface area contributed by atoms with E-state index in [2.05, 4.69) is 9.97 Å². The number of methoxy groups -OCH3 is 1. The zero-order chi connectivity index (χ0) is 15.9. The van der Waals surface area contributed by atoms with E-state index in [4.69, 9.17) is 25.1 Å². The zero-order valence-electron chi connectivity index (χ0n) is 11.9. The minimum absolute atomic E-state index is 0.0102. The number of benzene rings is 1. The number of rotatable bonds is 7. The van der Waals surface area contributed by atoms with Gasteiger partial charge in [0.15, 0.2) is 0 Å². The van der Waals surface area contributed by atoms with Crippen LogP contribution in [0.3, 0.4) is 0 Å². The summed E-state index contributed by atoms with van der Waals surface area (Å²) in [7, 11) is 1.54. The lowest BCUT2D eigenvalue weighted by molar-refractivity contribution is 0.0988. The Morgan fingerprint density at radius 1 is 1.36 bits per heavy atom. The third kappa shape index (κ3) is 3.83. The topological polar surface area (TPSA) is 117 Å². The van der Waals surface area contributed by atoms with Gasteiger partial charge in [0.25, 0.3) is 11.8 Å². The molecule has 22 heavy (non-hydrogen) atoms. The van der Waals surface area contributed by atoms with Crippen LogP contribution in [0.4, 0.5) is 0 Å².